The molecule has 1 aromatic rings. The summed E-state index contributed by atoms with van der Waals surface area (Å²) < 4.78 is 32.5. The van der Waals surface area contributed by atoms with Gasteiger partial charge < -0.3 is 18.8 Å². The third kappa shape index (κ3) is 4.94. The number of carboxylic acids is 1. The van der Waals surface area contributed by atoms with Gasteiger partial charge in [-0.25, -0.2) is 0 Å². The van der Waals surface area contributed by atoms with Gasteiger partial charge in [-0.2, -0.15) is 8.42 Å². The summed E-state index contributed by atoms with van der Waals surface area (Å²) in [5.74, 6) is -1.80. The van der Waals surface area contributed by atoms with Crippen LogP contribution in [-0.4, -0.2) is 49.4 Å². The Bertz CT molecular complexity index is 876. The Balaban J connectivity index is 2.31. The molecule has 1 saturated heterocycles. The normalized spacial score (nSPS) is 16.4. The highest BCUT2D eigenvalue weighted by Crippen LogP contribution is 2.34. The maximum Gasteiger partial charge on any atom is 0.306 e. The molecule has 1 aliphatic rings. The molecule has 0 saturated carbocycles. The molecule has 1 amide bonds. The summed E-state index contributed by atoms with van der Waals surface area (Å²) in [6.07, 6.45) is 2.39. The standard InChI is InChI=1S/C14H13NO7S3/c1-21-10-5-8(3-4-9(10)22-25(2,19)20)6-11-13(18)15(7-12(16)17)14(23)24-11/h3-6H,7H2,1-2H3,(H,16,17)/p-1/b11-6+. The number of hydrogen-bond donors (Lipinski definition) is 0. The molecular formula is C14H12NO7S3-. The Morgan fingerprint density at radius 1 is 1.40 bits per heavy atom. The first-order valence-electron chi connectivity index (χ1n) is 6.63. The first-order valence-corrected chi connectivity index (χ1v) is 9.67. The second-order valence-corrected chi connectivity index (χ2v) is 8.09. The summed E-state index contributed by atoms with van der Waals surface area (Å²) in [6, 6.07) is 4.38. The minimum Gasteiger partial charge on any atom is -0.548 e. The van der Waals surface area contributed by atoms with Crippen LogP contribution < -0.4 is 14.0 Å². The van der Waals surface area contributed by atoms with Gasteiger partial charge in [0.1, 0.15) is 4.32 Å². The number of nitrogens with zero attached hydrogens (tertiary/aromatic N) is 1. The van der Waals surface area contributed by atoms with Crippen molar-refractivity contribution in [3.63, 3.8) is 0 Å². The molecule has 0 aliphatic carbocycles. The number of methoxy groups -OCH3 is 1. The van der Waals surface area contributed by atoms with E-state index in [1.807, 2.05) is 0 Å². The Hall–Kier alpha value is -2.11. The van der Waals surface area contributed by atoms with Gasteiger partial charge in [-0.15, -0.1) is 0 Å². The van der Waals surface area contributed by atoms with Crippen molar-refractivity contribution in [2.24, 2.45) is 0 Å². The summed E-state index contributed by atoms with van der Waals surface area (Å²) in [7, 11) is -2.38. The quantitative estimate of drug-likeness (QED) is 0.368. The molecule has 1 fully saturated rings. The van der Waals surface area contributed by atoms with E-state index in [9.17, 15) is 23.1 Å². The number of amides is 1. The van der Waals surface area contributed by atoms with Crippen molar-refractivity contribution in [3.8, 4) is 11.5 Å². The number of ether oxygens (including phenoxy) is 1. The first kappa shape index (κ1) is 19.2. The van der Waals surface area contributed by atoms with E-state index < -0.39 is 28.5 Å². The Morgan fingerprint density at radius 3 is 2.64 bits per heavy atom. The van der Waals surface area contributed by atoms with Crippen LogP contribution in [0.2, 0.25) is 0 Å². The molecule has 0 atom stereocenters. The lowest BCUT2D eigenvalue weighted by Crippen LogP contribution is -2.40. The molecule has 134 valence electrons. The minimum atomic E-state index is -3.72. The van der Waals surface area contributed by atoms with Gasteiger partial charge in [0.15, 0.2) is 11.5 Å². The molecule has 1 aromatic carbocycles. The number of hydrogen-bond acceptors (Lipinski definition) is 9. The molecular weight excluding hydrogens is 390 g/mol. The lowest BCUT2D eigenvalue weighted by molar-refractivity contribution is -0.305. The summed E-state index contributed by atoms with van der Waals surface area (Å²) in [6.45, 7) is -0.619. The topological polar surface area (TPSA) is 113 Å². The van der Waals surface area contributed by atoms with Gasteiger partial charge in [-0.3, -0.25) is 9.69 Å². The van der Waals surface area contributed by atoms with E-state index in [2.05, 4.69) is 0 Å². The van der Waals surface area contributed by atoms with E-state index in [1.165, 1.54) is 31.4 Å². The van der Waals surface area contributed by atoms with Gasteiger partial charge in [0.25, 0.3) is 5.91 Å². The fraction of sp³-hybridized carbons (Fsp3) is 0.214. The number of aliphatic carboxylic acids is 1. The zero-order chi connectivity index (χ0) is 18.8. The number of carbonyl (C=O) groups is 2. The van der Waals surface area contributed by atoms with Crippen LogP contribution in [0.5, 0.6) is 11.5 Å². The maximum absolute atomic E-state index is 12.2. The molecule has 1 heterocycles. The lowest BCUT2D eigenvalue weighted by atomic mass is 10.2. The number of thioether (sulfide) groups is 1. The number of thiocarbonyl (C=S) groups is 1. The molecule has 0 radical (unpaired) electrons. The molecule has 2 rings (SSSR count). The summed E-state index contributed by atoms with van der Waals surface area (Å²) >= 11 is 5.94. The smallest absolute Gasteiger partial charge is 0.306 e. The van der Waals surface area contributed by atoms with E-state index in [0.717, 1.165) is 22.9 Å². The van der Waals surface area contributed by atoms with Crippen molar-refractivity contribution < 1.29 is 32.0 Å². The lowest BCUT2D eigenvalue weighted by Gasteiger charge is -2.14. The van der Waals surface area contributed by atoms with Gasteiger partial charge in [0, 0.05) is 0 Å². The third-order valence-electron chi connectivity index (χ3n) is 2.89. The average Bonchev–Trinajstić information content (AvgIpc) is 2.74. The van der Waals surface area contributed by atoms with Crippen LogP contribution >= 0.6 is 24.0 Å². The Morgan fingerprint density at radius 2 is 2.08 bits per heavy atom. The molecule has 0 unspecified atom stereocenters. The predicted molar refractivity (Wildman–Crippen MR) is 93.4 cm³/mol. The van der Waals surface area contributed by atoms with Crippen molar-refractivity contribution in [2.45, 2.75) is 0 Å². The third-order valence-corrected chi connectivity index (χ3v) is 4.75. The van der Waals surface area contributed by atoms with E-state index in [-0.39, 0.29) is 20.7 Å². The van der Waals surface area contributed by atoms with Crippen LogP contribution in [-0.2, 0) is 19.7 Å². The molecule has 0 N–H and O–H groups in total. The summed E-state index contributed by atoms with van der Waals surface area (Å²) in [4.78, 5) is 24.0. The fourth-order valence-corrected chi connectivity index (χ4v) is 3.64. The van der Waals surface area contributed by atoms with Gasteiger partial charge in [-0.05, 0) is 23.8 Å². The largest absolute Gasteiger partial charge is 0.548 e. The summed E-state index contributed by atoms with van der Waals surface area (Å²) in [5.41, 5.74) is 0.520. The average molecular weight is 402 g/mol. The minimum absolute atomic E-state index is 0.00616. The van der Waals surface area contributed by atoms with Crippen LogP contribution in [0.25, 0.3) is 6.08 Å². The zero-order valence-corrected chi connectivity index (χ0v) is 15.5. The monoisotopic (exact) mass is 402 g/mol. The van der Waals surface area contributed by atoms with Crippen LogP contribution in [0.3, 0.4) is 0 Å². The van der Waals surface area contributed by atoms with Crippen molar-refractivity contribution in [3.05, 3.63) is 28.7 Å². The summed E-state index contributed by atoms with van der Waals surface area (Å²) in [5, 5.41) is 10.7. The van der Waals surface area contributed by atoms with Gasteiger partial charge in [-0.1, -0.05) is 30.0 Å². The second-order valence-electron chi connectivity index (χ2n) is 4.84. The predicted octanol–water partition coefficient (Wildman–Crippen LogP) is -0.0153. The van der Waals surface area contributed by atoms with E-state index in [4.69, 9.17) is 21.1 Å². The van der Waals surface area contributed by atoms with Gasteiger partial charge >= 0.3 is 10.1 Å². The molecule has 25 heavy (non-hydrogen) atoms. The highest BCUT2D eigenvalue weighted by atomic mass is 32.2. The number of carbonyl (C=O) groups excluding carboxylic acids is 2. The molecule has 0 spiro atoms. The Kier molecular flexibility index (Phi) is 5.70. The molecule has 0 aromatic heterocycles. The Labute approximate surface area is 153 Å². The van der Waals surface area contributed by atoms with E-state index in [1.54, 1.807) is 0 Å². The molecule has 0 bridgehead atoms. The maximum atomic E-state index is 12.2. The van der Waals surface area contributed by atoms with Gasteiger partial charge in [0.05, 0.1) is 30.8 Å². The first-order chi connectivity index (χ1) is 11.6. The van der Waals surface area contributed by atoms with Crippen LogP contribution in [0, 0.1) is 0 Å². The highest BCUT2D eigenvalue weighted by molar-refractivity contribution is 8.26. The van der Waals surface area contributed by atoms with Crippen molar-refractivity contribution in [2.75, 3.05) is 19.9 Å². The molecule has 8 nitrogen and oxygen atoms in total. The van der Waals surface area contributed by atoms with Crippen molar-refractivity contribution in [1.82, 2.24) is 4.90 Å². The second kappa shape index (κ2) is 7.42. The fourth-order valence-electron chi connectivity index (χ4n) is 1.92. The molecule has 1 aliphatic heterocycles. The van der Waals surface area contributed by atoms with E-state index in [0.29, 0.717) is 5.56 Å². The number of rotatable bonds is 6. The van der Waals surface area contributed by atoms with Crippen LogP contribution in [0.4, 0.5) is 0 Å². The zero-order valence-electron chi connectivity index (χ0n) is 13.0. The number of carboxylic acid groups (broad SMARTS) is 1. The molecule has 11 heteroatoms. The van der Waals surface area contributed by atoms with E-state index >= 15 is 0 Å². The number of benzene rings is 1. The van der Waals surface area contributed by atoms with Gasteiger partial charge in [0.2, 0.25) is 0 Å². The highest BCUT2D eigenvalue weighted by Gasteiger charge is 2.31. The van der Waals surface area contributed by atoms with Crippen molar-refractivity contribution in [1.29, 1.82) is 0 Å². The van der Waals surface area contributed by atoms with Crippen molar-refractivity contribution >= 4 is 56.4 Å². The van der Waals surface area contributed by atoms with Crippen LogP contribution in [0.1, 0.15) is 5.56 Å². The van der Waals surface area contributed by atoms with Crippen LogP contribution in [0.15, 0.2) is 23.1 Å². The SMILES string of the molecule is COc1cc(/C=C2/SC(=S)N(CC(=O)[O-])C2=O)ccc1OS(C)(=O)=O.